The molecule has 1 aromatic carbocycles. The number of rotatable bonds is 4. The number of nitrogens with two attached hydrogens (primary N) is 1. The predicted molar refractivity (Wildman–Crippen MR) is 106 cm³/mol. The Morgan fingerprint density at radius 3 is 2.38 bits per heavy atom. The second-order valence-corrected chi connectivity index (χ2v) is 7.04. The number of hydrogen-bond donors (Lipinski definition) is 2. The zero-order chi connectivity index (χ0) is 21.5. The first kappa shape index (κ1) is 20.6. The number of nitrogens with one attached hydrogen (secondary N) is 1. The summed E-state index contributed by atoms with van der Waals surface area (Å²) in [4.78, 5) is 37.2. The fourth-order valence-electron chi connectivity index (χ4n) is 2.45. The van der Waals surface area contributed by atoms with Crippen molar-refractivity contribution in [2.45, 2.75) is 19.9 Å². The Labute approximate surface area is 172 Å². The lowest BCUT2D eigenvalue weighted by atomic mass is 10.3. The average molecular weight is 442 g/mol. The Kier molecular flexibility index (Phi) is 5.49. The summed E-state index contributed by atoms with van der Waals surface area (Å²) in [6, 6.07) is 3.20. The first-order valence-corrected chi connectivity index (χ1v) is 8.92. The van der Waals surface area contributed by atoms with Gasteiger partial charge >= 0.3 is 5.69 Å². The Hall–Kier alpha value is -3.11. The fraction of sp³-hybridized carbons (Fsp3) is 0.176. The number of pyridine rings is 1. The molecule has 0 spiro atoms. The quantitative estimate of drug-likeness (QED) is 0.640. The van der Waals surface area contributed by atoms with Crippen LogP contribution in [0.4, 0.5) is 10.2 Å². The van der Waals surface area contributed by atoms with Gasteiger partial charge in [-0.25, -0.2) is 9.18 Å². The second-order valence-electron chi connectivity index (χ2n) is 6.23. The highest BCUT2D eigenvalue weighted by Crippen LogP contribution is 2.38. The third-order valence-electron chi connectivity index (χ3n) is 3.83. The number of H-pyrrole nitrogens is 1. The van der Waals surface area contributed by atoms with Crippen LogP contribution in [0.5, 0.6) is 11.5 Å². The van der Waals surface area contributed by atoms with E-state index in [1.54, 1.807) is 13.8 Å². The summed E-state index contributed by atoms with van der Waals surface area (Å²) < 4.78 is 21.5. The van der Waals surface area contributed by atoms with Crippen molar-refractivity contribution >= 4 is 29.0 Å². The molecule has 152 valence electrons. The van der Waals surface area contributed by atoms with Crippen molar-refractivity contribution in [1.82, 2.24) is 19.3 Å². The van der Waals surface area contributed by atoms with Crippen LogP contribution in [-0.2, 0) is 0 Å². The summed E-state index contributed by atoms with van der Waals surface area (Å²) in [6.45, 7) is 3.42. The lowest BCUT2D eigenvalue weighted by Crippen LogP contribution is -2.33. The molecule has 0 saturated heterocycles. The van der Waals surface area contributed by atoms with Gasteiger partial charge in [0, 0.05) is 12.1 Å². The molecule has 0 unspecified atom stereocenters. The van der Waals surface area contributed by atoms with Gasteiger partial charge in [0.1, 0.15) is 5.75 Å². The minimum atomic E-state index is -1.00. The van der Waals surface area contributed by atoms with Gasteiger partial charge in [0.25, 0.3) is 11.1 Å². The molecule has 3 N–H and O–H groups in total. The van der Waals surface area contributed by atoms with Crippen molar-refractivity contribution in [2.75, 3.05) is 5.73 Å². The Balaban J connectivity index is 2.06. The monoisotopic (exact) mass is 441 g/mol. The molecule has 0 atom stereocenters. The molecule has 3 aromatic rings. The van der Waals surface area contributed by atoms with Gasteiger partial charge in [-0.15, -0.1) is 5.10 Å². The third kappa shape index (κ3) is 4.03. The molecule has 12 heteroatoms. The number of nitrogen functional groups attached to an aromatic ring is 1. The summed E-state index contributed by atoms with van der Waals surface area (Å²) in [6.07, 6.45) is 1.32. The maximum Gasteiger partial charge on any atom is 0.349 e. The van der Waals surface area contributed by atoms with Crippen molar-refractivity contribution in [1.29, 1.82) is 0 Å². The van der Waals surface area contributed by atoms with Gasteiger partial charge in [-0.3, -0.25) is 14.6 Å². The molecule has 0 aliphatic heterocycles. The molecule has 0 radical (unpaired) electrons. The number of ether oxygens (including phenoxy) is 1. The molecule has 0 bridgehead atoms. The normalized spacial score (nSPS) is 11.1. The predicted octanol–water partition coefficient (Wildman–Crippen LogP) is 2.48. The van der Waals surface area contributed by atoms with Crippen molar-refractivity contribution < 1.29 is 9.13 Å². The maximum absolute atomic E-state index is 13.9. The molecule has 0 aliphatic rings. The lowest BCUT2D eigenvalue weighted by molar-refractivity contribution is 0.449. The van der Waals surface area contributed by atoms with Gasteiger partial charge < -0.3 is 15.0 Å². The highest BCUT2D eigenvalue weighted by Gasteiger charge is 2.16. The van der Waals surface area contributed by atoms with Crippen LogP contribution in [0.2, 0.25) is 10.0 Å². The minimum Gasteiger partial charge on any atom is -0.453 e. The molecule has 0 amide bonds. The minimum absolute atomic E-state index is 0.00377. The number of aromatic amines is 1. The molecule has 0 aliphatic carbocycles. The van der Waals surface area contributed by atoms with Crippen LogP contribution in [0.1, 0.15) is 19.9 Å². The van der Waals surface area contributed by atoms with Gasteiger partial charge in [0.15, 0.2) is 11.6 Å². The van der Waals surface area contributed by atoms with Crippen molar-refractivity contribution in [3.63, 3.8) is 0 Å². The second kappa shape index (κ2) is 7.72. The van der Waals surface area contributed by atoms with Crippen molar-refractivity contribution in [3.8, 4) is 17.2 Å². The number of nitrogens with zero attached hydrogens (tertiary/aromatic N) is 3. The van der Waals surface area contributed by atoms with Crippen molar-refractivity contribution in [3.05, 3.63) is 71.5 Å². The van der Waals surface area contributed by atoms with E-state index in [1.807, 2.05) is 4.98 Å². The smallest absolute Gasteiger partial charge is 0.349 e. The highest BCUT2D eigenvalue weighted by molar-refractivity contribution is 6.37. The zero-order valence-electron chi connectivity index (χ0n) is 15.1. The Morgan fingerprint density at radius 2 is 1.79 bits per heavy atom. The summed E-state index contributed by atoms with van der Waals surface area (Å²) in [5, 5.41) is 3.62. The summed E-state index contributed by atoms with van der Waals surface area (Å²) in [5.41, 5.74) is 3.07. The molecule has 3 rings (SSSR count). The highest BCUT2D eigenvalue weighted by atomic mass is 35.5. The molecular weight excluding hydrogens is 428 g/mol. The van der Waals surface area contributed by atoms with Gasteiger partial charge in [-0.2, -0.15) is 4.68 Å². The average Bonchev–Trinajstić information content (AvgIpc) is 2.63. The van der Waals surface area contributed by atoms with Gasteiger partial charge in [-0.05, 0) is 26.0 Å². The van der Waals surface area contributed by atoms with E-state index in [0.29, 0.717) is 0 Å². The van der Waals surface area contributed by atoms with E-state index in [9.17, 15) is 18.8 Å². The number of anilines is 1. The molecular formula is C17H14Cl2FN5O4. The first-order chi connectivity index (χ1) is 13.6. The molecule has 9 nitrogen and oxygen atoms in total. The van der Waals surface area contributed by atoms with Gasteiger partial charge in [-0.1, -0.05) is 23.2 Å². The van der Waals surface area contributed by atoms with E-state index in [1.165, 1.54) is 18.3 Å². The molecule has 2 aromatic heterocycles. The topological polar surface area (TPSA) is 125 Å². The summed E-state index contributed by atoms with van der Waals surface area (Å²) in [7, 11) is 0. The molecule has 0 saturated carbocycles. The number of halogens is 3. The summed E-state index contributed by atoms with van der Waals surface area (Å²) >= 11 is 12.4. The van der Waals surface area contributed by atoms with E-state index < -0.39 is 28.4 Å². The van der Waals surface area contributed by atoms with Gasteiger partial charge in [0.05, 0.1) is 21.9 Å². The van der Waals surface area contributed by atoms with Crippen LogP contribution >= 0.6 is 23.2 Å². The molecule has 29 heavy (non-hydrogen) atoms. The van der Waals surface area contributed by atoms with Crippen LogP contribution < -0.4 is 27.3 Å². The number of aromatic nitrogens is 4. The maximum atomic E-state index is 13.9. The van der Waals surface area contributed by atoms with Crippen LogP contribution in [0, 0.1) is 5.82 Å². The lowest BCUT2D eigenvalue weighted by Gasteiger charge is -2.15. The summed E-state index contributed by atoms with van der Waals surface area (Å²) in [5.74, 6) is -1.46. The van der Waals surface area contributed by atoms with Gasteiger partial charge in [0.2, 0.25) is 5.82 Å². The standard InChI is InChI=1S/C17H14Cl2FN5O4/c1-7(2)24-6-9(5-12(20)16(24)27)29-13-10(18)3-8(4-11(13)19)25-17(28)22-15(26)14(21)23-25/h3-7H,1-2H3,(H2,21,23)(H,22,26,28). The van der Waals surface area contributed by atoms with Crippen LogP contribution in [0.15, 0.2) is 38.8 Å². The Morgan fingerprint density at radius 1 is 1.17 bits per heavy atom. The van der Waals surface area contributed by atoms with Crippen LogP contribution in [-0.4, -0.2) is 19.3 Å². The first-order valence-electron chi connectivity index (χ1n) is 8.16. The third-order valence-corrected chi connectivity index (χ3v) is 4.39. The molecule has 0 fully saturated rings. The van der Waals surface area contributed by atoms with Crippen LogP contribution in [0.25, 0.3) is 5.69 Å². The largest absolute Gasteiger partial charge is 0.453 e. The van der Waals surface area contributed by atoms with E-state index in [4.69, 9.17) is 33.7 Å². The van der Waals surface area contributed by atoms with E-state index in [-0.39, 0.29) is 33.3 Å². The Bertz CT molecular complexity index is 1260. The zero-order valence-corrected chi connectivity index (χ0v) is 16.6. The number of hydrogen-bond acceptors (Lipinski definition) is 6. The number of benzene rings is 1. The fourth-order valence-corrected chi connectivity index (χ4v) is 3.01. The van der Waals surface area contributed by atoms with Crippen LogP contribution in [0.3, 0.4) is 0 Å². The SMILES string of the molecule is CC(C)n1cc(Oc2c(Cl)cc(-n3nc(N)c(=O)[nH]c3=O)cc2Cl)cc(F)c1=O. The van der Waals surface area contributed by atoms with Crippen molar-refractivity contribution in [2.24, 2.45) is 0 Å². The van der Waals surface area contributed by atoms with E-state index >= 15 is 0 Å². The molecule has 2 heterocycles. The van der Waals surface area contributed by atoms with E-state index in [0.717, 1.165) is 15.3 Å². The van der Waals surface area contributed by atoms with E-state index in [2.05, 4.69) is 5.10 Å².